The summed E-state index contributed by atoms with van der Waals surface area (Å²) in [6, 6.07) is 8.37. The molecule has 3 rings (SSSR count). The summed E-state index contributed by atoms with van der Waals surface area (Å²) >= 11 is 0. The van der Waals surface area contributed by atoms with Crippen LogP contribution in [0.1, 0.15) is 37.0 Å². The minimum atomic E-state index is -2.02. The summed E-state index contributed by atoms with van der Waals surface area (Å²) in [4.78, 5) is 23.7. The van der Waals surface area contributed by atoms with Crippen molar-refractivity contribution in [2.45, 2.75) is 56.4 Å². The van der Waals surface area contributed by atoms with E-state index >= 15 is 0 Å². The average Bonchev–Trinajstić information content (AvgIpc) is 2.82. The number of hydrogen-bond acceptors (Lipinski definition) is 6. The largest absolute Gasteiger partial charge is 0.479 e. The number of fused-ring (bicyclic) bond motifs is 1. The molecule has 0 spiro atoms. The normalized spacial score (nSPS) is 34.4. The second kappa shape index (κ2) is 5.84. The number of carboxylic acids is 1. The highest BCUT2D eigenvalue weighted by atomic mass is 16.8. The van der Waals surface area contributed by atoms with Gasteiger partial charge in [-0.05, 0) is 26.0 Å². The maximum absolute atomic E-state index is 12.3. The van der Waals surface area contributed by atoms with Crippen LogP contribution in [-0.4, -0.2) is 51.9 Å². The lowest BCUT2D eigenvalue weighted by atomic mass is 9.79. The van der Waals surface area contributed by atoms with Gasteiger partial charge in [0.05, 0.1) is 11.7 Å². The molecule has 24 heavy (non-hydrogen) atoms. The molecule has 1 saturated heterocycles. The minimum Gasteiger partial charge on any atom is -0.479 e. The number of esters is 1. The third-order valence-corrected chi connectivity index (χ3v) is 4.33. The van der Waals surface area contributed by atoms with E-state index in [4.69, 9.17) is 14.2 Å². The zero-order valence-electron chi connectivity index (χ0n) is 13.5. The van der Waals surface area contributed by atoms with Gasteiger partial charge in [-0.1, -0.05) is 18.2 Å². The van der Waals surface area contributed by atoms with Crippen molar-refractivity contribution in [1.82, 2.24) is 0 Å². The van der Waals surface area contributed by atoms with E-state index in [2.05, 4.69) is 0 Å². The molecule has 7 nitrogen and oxygen atoms in total. The zero-order valence-corrected chi connectivity index (χ0v) is 13.5. The summed E-state index contributed by atoms with van der Waals surface area (Å²) in [5.41, 5.74) is -1.68. The van der Waals surface area contributed by atoms with Crippen LogP contribution in [0.15, 0.2) is 30.3 Å². The number of ether oxygens (including phenoxy) is 3. The van der Waals surface area contributed by atoms with Crippen molar-refractivity contribution in [1.29, 1.82) is 0 Å². The number of rotatable bonds is 3. The van der Waals surface area contributed by atoms with Crippen LogP contribution in [-0.2, 0) is 19.0 Å². The lowest BCUT2D eigenvalue weighted by Gasteiger charge is -2.38. The van der Waals surface area contributed by atoms with Crippen LogP contribution in [0.4, 0.5) is 0 Å². The Balaban J connectivity index is 1.83. The number of carbonyl (C=O) groups excluding carboxylic acids is 1. The Labute approximate surface area is 139 Å². The third kappa shape index (κ3) is 3.15. The fourth-order valence-corrected chi connectivity index (χ4v) is 3.26. The highest BCUT2D eigenvalue weighted by Crippen LogP contribution is 2.42. The summed E-state index contributed by atoms with van der Waals surface area (Å²) in [7, 11) is 0. The van der Waals surface area contributed by atoms with Gasteiger partial charge in [0.1, 0.15) is 12.2 Å². The van der Waals surface area contributed by atoms with Gasteiger partial charge in [0, 0.05) is 12.8 Å². The van der Waals surface area contributed by atoms with Crippen molar-refractivity contribution in [2.24, 2.45) is 0 Å². The molecule has 2 aliphatic rings. The molecule has 0 amide bonds. The second-order valence-corrected chi connectivity index (χ2v) is 6.69. The topological polar surface area (TPSA) is 102 Å². The van der Waals surface area contributed by atoms with Crippen LogP contribution in [0, 0.1) is 0 Å². The molecule has 1 saturated carbocycles. The molecule has 4 atom stereocenters. The molecule has 1 heterocycles. The number of aliphatic carboxylic acids is 1. The van der Waals surface area contributed by atoms with Crippen molar-refractivity contribution in [3.63, 3.8) is 0 Å². The van der Waals surface area contributed by atoms with Crippen LogP contribution in [0.25, 0.3) is 0 Å². The molecule has 0 radical (unpaired) electrons. The van der Waals surface area contributed by atoms with Crippen molar-refractivity contribution in [3.8, 4) is 0 Å². The Kier molecular flexibility index (Phi) is 4.11. The van der Waals surface area contributed by atoms with E-state index in [9.17, 15) is 19.8 Å². The highest BCUT2D eigenvalue weighted by molar-refractivity contribution is 5.89. The Morgan fingerprint density at radius 1 is 1.17 bits per heavy atom. The quantitative estimate of drug-likeness (QED) is 0.803. The Morgan fingerprint density at radius 2 is 1.83 bits per heavy atom. The molecule has 2 fully saturated rings. The smallest absolute Gasteiger partial charge is 0.338 e. The van der Waals surface area contributed by atoms with Crippen LogP contribution in [0.5, 0.6) is 0 Å². The summed E-state index contributed by atoms with van der Waals surface area (Å²) < 4.78 is 16.9. The monoisotopic (exact) mass is 336 g/mol. The fraction of sp³-hybridized carbons (Fsp3) is 0.529. The lowest BCUT2D eigenvalue weighted by molar-refractivity contribution is -0.176. The predicted octanol–water partition coefficient (Wildman–Crippen LogP) is 1.34. The second-order valence-electron chi connectivity index (χ2n) is 6.69. The minimum absolute atomic E-state index is 0.115. The van der Waals surface area contributed by atoms with E-state index in [1.165, 1.54) is 0 Å². The molecule has 2 N–H and O–H groups in total. The van der Waals surface area contributed by atoms with Gasteiger partial charge in [-0.3, -0.25) is 0 Å². The maximum atomic E-state index is 12.3. The van der Waals surface area contributed by atoms with E-state index in [0.717, 1.165) is 0 Å². The van der Waals surface area contributed by atoms with Crippen LogP contribution < -0.4 is 0 Å². The molecule has 0 unspecified atom stereocenters. The van der Waals surface area contributed by atoms with Gasteiger partial charge in [-0.15, -0.1) is 0 Å². The van der Waals surface area contributed by atoms with Gasteiger partial charge < -0.3 is 24.4 Å². The molecular weight excluding hydrogens is 316 g/mol. The number of aliphatic hydroxyl groups is 1. The highest BCUT2D eigenvalue weighted by Gasteiger charge is 2.57. The molecule has 0 aromatic heterocycles. The van der Waals surface area contributed by atoms with Gasteiger partial charge in [0.15, 0.2) is 11.4 Å². The van der Waals surface area contributed by atoms with Crippen LogP contribution in [0.2, 0.25) is 0 Å². The first-order valence-corrected chi connectivity index (χ1v) is 7.78. The van der Waals surface area contributed by atoms with Gasteiger partial charge >= 0.3 is 11.9 Å². The average molecular weight is 336 g/mol. The van der Waals surface area contributed by atoms with Gasteiger partial charge in [-0.25, -0.2) is 9.59 Å². The first-order chi connectivity index (χ1) is 11.2. The first kappa shape index (κ1) is 16.9. The summed E-state index contributed by atoms with van der Waals surface area (Å²) in [6.07, 6.45) is -2.56. The zero-order chi connectivity index (χ0) is 17.5. The molecule has 1 aliphatic heterocycles. The predicted molar refractivity (Wildman–Crippen MR) is 81.3 cm³/mol. The third-order valence-electron chi connectivity index (χ3n) is 4.33. The van der Waals surface area contributed by atoms with Crippen molar-refractivity contribution in [2.75, 3.05) is 0 Å². The van der Waals surface area contributed by atoms with Crippen molar-refractivity contribution >= 4 is 11.9 Å². The van der Waals surface area contributed by atoms with Crippen LogP contribution in [0.3, 0.4) is 0 Å². The van der Waals surface area contributed by atoms with Gasteiger partial charge in [0.2, 0.25) is 0 Å². The standard InChI is InChI=1S/C17H20O7/c1-16(2)23-12-9-17(21,15(19)20)8-11(13(12)24-16)22-14(18)10-6-4-3-5-7-10/h3-7,11-13,21H,8-9H2,1-2H3,(H,19,20)/t11-,12-,13+,17-/m1/s1. The van der Waals surface area contributed by atoms with E-state index in [-0.39, 0.29) is 12.8 Å². The van der Waals surface area contributed by atoms with E-state index in [1.54, 1.807) is 44.2 Å². The molecule has 130 valence electrons. The summed E-state index contributed by atoms with van der Waals surface area (Å²) in [6.45, 7) is 3.39. The van der Waals surface area contributed by atoms with E-state index in [1.807, 2.05) is 0 Å². The van der Waals surface area contributed by atoms with Gasteiger partial charge in [-0.2, -0.15) is 0 Å². The lowest BCUT2D eigenvalue weighted by Crippen LogP contribution is -2.56. The van der Waals surface area contributed by atoms with Crippen LogP contribution >= 0.6 is 0 Å². The Hall–Kier alpha value is -1.96. The number of carbonyl (C=O) groups is 2. The fourth-order valence-electron chi connectivity index (χ4n) is 3.26. The molecule has 1 aromatic rings. The molecular formula is C17H20O7. The number of carboxylic acid groups (broad SMARTS) is 1. The first-order valence-electron chi connectivity index (χ1n) is 7.78. The summed E-state index contributed by atoms with van der Waals surface area (Å²) in [5, 5.41) is 19.7. The summed E-state index contributed by atoms with van der Waals surface area (Å²) in [5.74, 6) is -2.89. The van der Waals surface area contributed by atoms with E-state index in [0.29, 0.717) is 5.56 Å². The Morgan fingerprint density at radius 3 is 2.46 bits per heavy atom. The van der Waals surface area contributed by atoms with Gasteiger partial charge in [0.25, 0.3) is 0 Å². The Bertz CT molecular complexity index is 642. The number of hydrogen-bond donors (Lipinski definition) is 2. The molecule has 1 aliphatic carbocycles. The molecule has 7 heteroatoms. The maximum Gasteiger partial charge on any atom is 0.338 e. The molecule has 1 aromatic carbocycles. The molecule has 0 bridgehead atoms. The number of benzene rings is 1. The van der Waals surface area contributed by atoms with Crippen molar-refractivity contribution < 1.29 is 34.0 Å². The van der Waals surface area contributed by atoms with Crippen molar-refractivity contribution in [3.05, 3.63) is 35.9 Å². The van der Waals surface area contributed by atoms with E-state index < -0.39 is 41.6 Å². The SMILES string of the molecule is CC1(C)O[C@H]2[C@H](OC(=O)c3ccccc3)C[C@](O)(C(=O)O)C[C@H]2O1.